The van der Waals surface area contributed by atoms with E-state index in [1.165, 1.54) is 5.56 Å². The molecular formula is C18H20BrN3O. The maximum absolute atomic E-state index is 13.1. The molecule has 2 aromatic rings. The number of likely N-dealkylation sites (N-methyl/N-ethyl adjacent to an activating group) is 1. The number of amides is 1. The van der Waals surface area contributed by atoms with Crippen LogP contribution in [0.2, 0.25) is 0 Å². The van der Waals surface area contributed by atoms with Gasteiger partial charge >= 0.3 is 0 Å². The van der Waals surface area contributed by atoms with Crippen molar-refractivity contribution in [1.82, 2.24) is 9.88 Å². The molecule has 4 nitrogen and oxygen atoms in total. The van der Waals surface area contributed by atoms with Gasteiger partial charge in [0.1, 0.15) is 0 Å². The third-order valence-corrected chi connectivity index (χ3v) is 6.01. The Morgan fingerprint density at radius 1 is 1.30 bits per heavy atom. The summed E-state index contributed by atoms with van der Waals surface area (Å²) in [5.41, 5.74) is 2.75. The summed E-state index contributed by atoms with van der Waals surface area (Å²) >= 11 is 3.57. The van der Waals surface area contributed by atoms with Crippen molar-refractivity contribution >= 4 is 38.4 Å². The van der Waals surface area contributed by atoms with E-state index in [4.69, 9.17) is 0 Å². The van der Waals surface area contributed by atoms with Gasteiger partial charge < -0.3 is 9.80 Å². The van der Waals surface area contributed by atoms with Gasteiger partial charge in [0.15, 0.2) is 0 Å². The van der Waals surface area contributed by atoms with Crippen LogP contribution in [0.25, 0.3) is 10.9 Å². The molecule has 2 aliphatic heterocycles. The first kappa shape index (κ1) is 15.1. The van der Waals surface area contributed by atoms with Gasteiger partial charge in [0.2, 0.25) is 5.91 Å². The first-order chi connectivity index (χ1) is 11.1. The van der Waals surface area contributed by atoms with E-state index in [0.717, 1.165) is 53.5 Å². The summed E-state index contributed by atoms with van der Waals surface area (Å²) in [4.78, 5) is 21.9. The van der Waals surface area contributed by atoms with Crippen LogP contribution in [0, 0.1) is 0 Å². The molecule has 5 heteroatoms. The molecular weight excluding hydrogens is 354 g/mol. The molecule has 0 radical (unpaired) electrons. The number of nitrogens with zero attached hydrogens (tertiary/aromatic N) is 3. The fourth-order valence-corrected chi connectivity index (χ4v) is 4.52. The number of hydrogen-bond donors (Lipinski definition) is 0. The van der Waals surface area contributed by atoms with E-state index in [1.807, 2.05) is 30.3 Å². The minimum Gasteiger partial charge on any atom is -0.313 e. The topological polar surface area (TPSA) is 36.4 Å². The second-order valence-corrected chi connectivity index (χ2v) is 7.48. The average Bonchev–Trinajstić information content (AvgIpc) is 2.78. The van der Waals surface area contributed by atoms with Crippen LogP contribution in [0.4, 0.5) is 5.69 Å². The van der Waals surface area contributed by atoms with Crippen molar-refractivity contribution < 1.29 is 4.79 Å². The van der Waals surface area contributed by atoms with E-state index in [1.54, 1.807) is 0 Å². The van der Waals surface area contributed by atoms with E-state index < -0.39 is 0 Å². The lowest BCUT2D eigenvalue weighted by Gasteiger charge is -2.38. The monoisotopic (exact) mass is 373 g/mol. The maximum atomic E-state index is 13.1. The highest BCUT2D eigenvalue weighted by Crippen LogP contribution is 2.50. The minimum absolute atomic E-state index is 0.234. The zero-order valence-electron chi connectivity index (χ0n) is 13.5. The fourth-order valence-electron chi connectivity index (χ4n) is 4.16. The number of carbonyl (C=O) groups excluding carboxylic acids is 1. The molecule has 1 aromatic carbocycles. The molecule has 0 bridgehead atoms. The Bertz CT molecular complexity index is 796. The van der Waals surface area contributed by atoms with Gasteiger partial charge in [-0.25, -0.2) is 0 Å². The molecule has 3 heterocycles. The van der Waals surface area contributed by atoms with Crippen LogP contribution in [-0.4, -0.2) is 42.5 Å². The van der Waals surface area contributed by atoms with Gasteiger partial charge in [-0.1, -0.05) is 22.9 Å². The number of rotatable bonds is 1. The van der Waals surface area contributed by atoms with E-state index in [9.17, 15) is 4.79 Å². The van der Waals surface area contributed by atoms with Crippen LogP contribution in [0.15, 0.2) is 28.9 Å². The largest absolute Gasteiger partial charge is 0.313 e. The molecule has 0 N–H and O–H groups in total. The smallest absolute Gasteiger partial charge is 0.237 e. The van der Waals surface area contributed by atoms with Crippen molar-refractivity contribution in [2.24, 2.45) is 0 Å². The zero-order chi connectivity index (χ0) is 16.2. The summed E-state index contributed by atoms with van der Waals surface area (Å²) in [7, 11) is 1.88. The maximum Gasteiger partial charge on any atom is 0.237 e. The second-order valence-electron chi connectivity index (χ2n) is 6.56. The number of hydrogen-bond acceptors (Lipinski definition) is 3. The van der Waals surface area contributed by atoms with Crippen LogP contribution in [-0.2, 0) is 10.2 Å². The Hall–Kier alpha value is -1.46. The number of halogens is 1. The first-order valence-electron chi connectivity index (χ1n) is 8.16. The summed E-state index contributed by atoms with van der Waals surface area (Å²) < 4.78 is 1.03. The van der Waals surface area contributed by atoms with Gasteiger partial charge in [-0.2, -0.15) is 0 Å². The van der Waals surface area contributed by atoms with Crippen molar-refractivity contribution in [1.29, 1.82) is 0 Å². The van der Waals surface area contributed by atoms with Crippen LogP contribution >= 0.6 is 15.9 Å². The predicted octanol–water partition coefficient (Wildman–Crippen LogP) is 3.33. The molecule has 1 amide bonds. The summed E-state index contributed by atoms with van der Waals surface area (Å²) in [5, 5.41) is 1.11. The van der Waals surface area contributed by atoms with E-state index in [2.05, 4.69) is 38.8 Å². The third-order valence-electron chi connectivity index (χ3n) is 5.52. The quantitative estimate of drug-likeness (QED) is 0.769. The summed E-state index contributed by atoms with van der Waals surface area (Å²) in [6.45, 7) is 5.20. The molecule has 120 valence electrons. The highest BCUT2D eigenvalue weighted by atomic mass is 79.9. The number of piperidine rings is 1. The number of anilines is 1. The van der Waals surface area contributed by atoms with Crippen LogP contribution < -0.4 is 4.90 Å². The molecule has 4 rings (SSSR count). The highest BCUT2D eigenvalue weighted by molar-refractivity contribution is 9.10. The Balaban J connectivity index is 1.94. The molecule has 1 saturated heterocycles. The molecule has 1 fully saturated rings. The number of fused-ring (bicyclic) bond motifs is 4. The van der Waals surface area contributed by atoms with Gasteiger partial charge in [-0.05, 0) is 50.7 Å². The number of carbonyl (C=O) groups is 1. The van der Waals surface area contributed by atoms with E-state index in [0.29, 0.717) is 0 Å². The second kappa shape index (κ2) is 5.28. The van der Waals surface area contributed by atoms with Crippen molar-refractivity contribution in [3.8, 4) is 0 Å². The van der Waals surface area contributed by atoms with Crippen LogP contribution in [0.3, 0.4) is 0 Å². The van der Waals surface area contributed by atoms with Gasteiger partial charge in [-0.3, -0.25) is 9.78 Å². The molecule has 1 spiro atoms. The van der Waals surface area contributed by atoms with Crippen LogP contribution in [0.1, 0.15) is 25.3 Å². The lowest BCUT2D eigenvalue weighted by Crippen LogP contribution is -2.48. The van der Waals surface area contributed by atoms with Crippen molar-refractivity contribution in [3.05, 3.63) is 34.4 Å². The Labute approximate surface area is 144 Å². The molecule has 0 atom stereocenters. The fraction of sp³-hybridized carbons (Fsp3) is 0.444. The highest BCUT2D eigenvalue weighted by Gasteiger charge is 2.51. The van der Waals surface area contributed by atoms with Crippen LogP contribution in [0.5, 0.6) is 0 Å². The lowest BCUT2D eigenvalue weighted by atomic mass is 9.72. The lowest BCUT2D eigenvalue weighted by molar-refractivity contribution is -0.124. The summed E-state index contributed by atoms with van der Waals surface area (Å²) in [6, 6.07) is 6.15. The SMILES string of the molecule is CCN1CCC2(CC1)C(=O)N(C)c1cnc3ccc(Br)cc3c12. The Kier molecular flexibility index (Phi) is 3.46. The van der Waals surface area contributed by atoms with Gasteiger partial charge in [-0.15, -0.1) is 0 Å². The minimum atomic E-state index is -0.377. The first-order valence-corrected chi connectivity index (χ1v) is 8.95. The van der Waals surface area contributed by atoms with E-state index >= 15 is 0 Å². The average molecular weight is 374 g/mol. The molecule has 23 heavy (non-hydrogen) atoms. The van der Waals surface area contributed by atoms with Crippen molar-refractivity contribution in [3.63, 3.8) is 0 Å². The van der Waals surface area contributed by atoms with Crippen molar-refractivity contribution in [2.45, 2.75) is 25.2 Å². The number of likely N-dealkylation sites (tertiary alicyclic amines) is 1. The normalized spacial score (nSPS) is 20.5. The number of pyridine rings is 1. The third kappa shape index (κ3) is 2.06. The van der Waals surface area contributed by atoms with Gasteiger partial charge in [0, 0.05) is 22.5 Å². The zero-order valence-corrected chi connectivity index (χ0v) is 15.1. The molecule has 0 saturated carbocycles. The van der Waals surface area contributed by atoms with E-state index in [-0.39, 0.29) is 11.3 Å². The standard InChI is InChI=1S/C18H20BrN3O/c1-3-22-8-6-18(7-9-22)16-13-10-12(19)4-5-14(13)20-11-15(16)21(2)17(18)23/h4-5,10-11H,3,6-9H2,1-2H3. The molecule has 0 aliphatic carbocycles. The molecule has 0 unspecified atom stereocenters. The Morgan fingerprint density at radius 2 is 2.04 bits per heavy atom. The summed E-state index contributed by atoms with van der Waals surface area (Å²) in [5.74, 6) is 0.234. The summed E-state index contributed by atoms with van der Waals surface area (Å²) in [6.07, 6.45) is 3.65. The van der Waals surface area contributed by atoms with Gasteiger partial charge in [0.25, 0.3) is 0 Å². The molecule has 1 aromatic heterocycles. The van der Waals surface area contributed by atoms with Crippen molar-refractivity contribution in [2.75, 3.05) is 31.6 Å². The molecule has 2 aliphatic rings. The van der Waals surface area contributed by atoms with Gasteiger partial charge in [0.05, 0.1) is 22.8 Å². The number of aromatic nitrogens is 1. The Morgan fingerprint density at radius 3 is 2.74 bits per heavy atom. The number of benzene rings is 1. The predicted molar refractivity (Wildman–Crippen MR) is 95.9 cm³/mol.